The summed E-state index contributed by atoms with van der Waals surface area (Å²) in [6, 6.07) is 5.47. The SMILES string of the molecule is COc1ncc(C(C)(C)O)c2cc(N)ccc12. The van der Waals surface area contributed by atoms with Crippen LogP contribution in [0.15, 0.2) is 24.4 Å². The summed E-state index contributed by atoms with van der Waals surface area (Å²) in [5.74, 6) is 0.535. The standard InChI is InChI=1S/C13H16N2O2/c1-13(2,16)11-7-15-12(17-3)9-5-4-8(14)6-10(9)11/h4-7,16H,14H2,1-3H3. The molecule has 17 heavy (non-hydrogen) atoms. The van der Waals surface area contributed by atoms with Gasteiger partial charge in [-0.2, -0.15) is 0 Å². The Morgan fingerprint density at radius 2 is 2.00 bits per heavy atom. The molecule has 90 valence electrons. The van der Waals surface area contributed by atoms with Crippen LogP contribution in [0.2, 0.25) is 0 Å². The highest BCUT2D eigenvalue weighted by Gasteiger charge is 2.21. The number of methoxy groups -OCH3 is 1. The molecular formula is C13H16N2O2. The topological polar surface area (TPSA) is 68.4 Å². The molecule has 0 aliphatic rings. The van der Waals surface area contributed by atoms with Gasteiger partial charge < -0.3 is 15.6 Å². The van der Waals surface area contributed by atoms with E-state index in [0.29, 0.717) is 11.6 Å². The van der Waals surface area contributed by atoms with Gasteiger partial charge in [0, 0.05) is 22.8 Å². The second-order valence-corrected chi connectivity index (χ2v) is 4.55. The molecule has 0 amide bonds. The Bertz CT molecular complexity index is 559. The van der Waals surface area contributed by atoms with Crippen LogP contribution in [0.3, 0.4) is 0 Å². The van der Waals surface area contributed by atoms with Crippen molar-refractivity contribution in [3.8, 4) is 5.88 Å². The average Bonchev–Trinajstić information content (AvgIpc) is 2.25. The van der Waals surface area contributed by atoms with Crippen molar-refractivity contribution in [3.05, 3.63) is 30.0 Å². The molecule has 0 aliphatic heterocycles. The van der Waals surface area contributed by atoms with Gasteiger partial charge >= 0.3 is 0 Å². The maximum Gasteiger partial charge on any atom is 0.221 e. The second-order valence-electron chi connectivity index (χ2n) is 4.55. The summed E-state index contributed by atoms with van der Waals surface area (Å²) in [5.41, 5.74) is 6.20. The van der Waals surface area contributed by atoms with E-state index in [1.807, 2.05) is 12.1 Å². The summed E-state index contributed by atoms with van der Waals surface area (Å²) < 4.78 is 5.20. The van der Waals surface area contributed by atoms with Crippen LogP contribution in [0.5, 0.6) is 5.88 Å². The number of hydrogen-bond acceptors (Lipinski definition) is 4. The maximum atomic E-state index is 10.1. The lowest BCUT2D eigenvalue weighted by atomic mass is 9.94. The molecule has 1 aromatic carbocycles. The number of fused-ring (bicyclic) bond motifs is 1. The van der Waals surface area contributed by atoms with Crippen molar-refractivity contribution in [2.45, 2.75) is 19.4 Å². The number of rotatable bonds is 2. The first-order valence-electron chi connectivity index (χ1n) is 5.38. The highest BCUT2D eigenvalue weighted by atomic mass is 16.5. The molecule has 1 heterocycles. The van der Waals surface area contributed by atoms with Gasteiger partial charge in [0.25, 0.3) is 0 Å². The summed E-state index contributed by atoms with van der Waals surface area (Å²) in [4.78, 5) is 4.20. The van der Waals surface area contributed by atoms with Gasteiger partial charge in [0.1, 0.15) is 0 Å². The van der Waals surface area contributed by atoms with Crippen LogP contribution in [0.1, 0.15) is 19.4 Å². The van der Waals surface area contributed by atoms with Crippen LogP contribution in [-0.2, 0) is 5.60 Å². The molecule has 4 nitrogen and oxygen atoms in total. The van der Waals surface area contributed by atoms with E-state index in [2.05, 4.69) is 4.98 Å². The van der Waals surface area contributed by atoms with Gasteiger partial charge in [0.15, 0.2) is 0 Å². The first kappa shape index (κ1) is 11.7. The molecule has 2 rings (SSSR count). The molecular weight excluding hydrogens is 216 g/mol. The fourth-order valence-corrected chi connectivity index (χ4v) is 1.88. The van der Waals surface area contributed by atoms with Crippen LogP contribution >= 0.6 is 0 Å². The van der Waals surface area contributed by atoms with Crippen molar-refractivity contribution >= 4 is 16.5 Å². The molecule has 0 saturated heterocycles. The van der Waals surface area contributed by atoms with E-state index < -0.39 is 5.60 Å². The number of nitrogens with two attached hydrogens (primary N) is 1. The molecule has 0 atom stereocenters. The normalized spacial score (nSPS) is 11.8. The van der Waals surface area contributed by atoms with Gasteiger partial charge in [0.05, 0.1) is 12.7 Å². The van der Waals surface area contributed by atoms with Gasteiger partial charge in [-0.3, -0.25) is 0 Å². The lowest BCUT2D eigenvalue weighted by molar-refractivity contribution is 0.0798. The molecule has 3 N–H and O–H groups in total. The molecule has 0 fully saturated rings. The third-order valence-electron chi connectivity index (χ3n) is 2.73. The third kappa shape index (κ3) is 2.03. The Labute approximate surface area is 100 Å². The molecule has 0 radical (unpaired) electrons. The summed E-state index contributed by atoms with van der Waals surface area (Å²) in [7, 11) is 1.57. The van der Waals surface area contributed by atoms with E-state index >= 15 is 0 Å². The molecule has 0 bridgehead atoms. The van der Waals surface area contributed by atoms with Gasteiger partial charge in [-0.1, -0.05) is 0 Å². The van der Waals surface area contributed by atoms with Gasteiger partial charge in [-0.05, 0) is 37.4 Å². The zero-order valence-corrected chi connectivity index (χ0v) is 10.2. The average molecular weight is 232 g/mol. The minimum absolute atomic E-state index is 0.535. The summed E-state index contributed by atoms with van der Waals surface area (Å²) in [6.07, 6.45) is 1.63. The van der Waals surface area contributed by atoms with E-state index in [1.54, 1.807) is 33.2 Å². The predicted molar refractivity (Wildman–Crippen MR) is 68.0 cm³/mol. The summed E-state index contributed by atoms with van der Waals surface area (Å²) in [5, 5.41) is 11.8. The van der Waals surface area contributed by atoms with Crippen molar-refractivity contribution in [3.63, 3.8) is 0 Å². The molecule has 0 saturated carbocycles. The van der Waals surface area contributed by atoms with E-state index in [4.69, 9.17) is 10.5 Å². The maximum absolute atomic E-state index is 10.1. The van der Waals surface area contributed by atoms with Crippen LogP contribution in [0.4, 0.5) is 5.69 Å². The van der Waals surface area contributed by atoms with Crippen molar-refractivity contribution in [1.82, 2.24) is 4.98 Å². The Morgan fingerprint density at radius 1 is 1.29 bits per heavy atom. The minimum atomic E-state index is -0.967. The quantitative estimate of drug-likeness (QED) is 0.777. The van der Waals surface area contributed by atoms with Crippen LogP contribution < -0.4 is 10.5 Å². The molecule has 1 aromatic heterocycles. The van der Waals surface area contributed by atoms with Crippen LogP contribution in [0.25, 0.3) is 10.8 Å². The summed E-state index contributed by atoms with van der Waals surface area (Å²) in [6.45, 7) is 3.44. The Morgan fingerprint density at radius 3 is 2.59 bits per heavy atom. The second kappa shape index (κ2) is 3.89. The number of aromatic nitrogens is 1. The molecule has 0 spiro atoms. The van der Waals surface area contributed by atoms with Crippen molar-refractivity contribution in [2.24, 2.45) is 0 Å². The predicted octanol–water partition coefficient (Wildman–Crippen LogP) is 2.05. The Hall–Kier alpha value is -1.81. The van der Waals surface area contributed by atoms with E-state index in [-0.39, 0.29) is 0 Å². The van der Waals surface area contributed by atoms with Gasteiger partial charge in [0.2, 0.25) is 5.88 Å². The number of nitrogens with zero attached hydrogens (tertiary/aromatic N) is 1. The molecule has 0 aliphatic carbocycles. The van der Waals surface area contributed by atoms with Gasteiger partial charge in [-0.15, -0.1) is 0 Å². The summed E-state index contributed by atoms with van der Waals surface area (Å²) >= 11 is 0. The molecule has 2 aromatic rings. The number of aliphatic hydroxyl groups is 1. The minimum Gasteiger partial charge on any atom is -0.481 e. The lowest BCUT2D eigenvalue weighted by Gasteiger charge is -2.20. The third-order valence-corrected chi connectivity index (χ3v) is 2.73. The largest absolute Gasteiger partial charge is 0.481 e. The van der Waals surface area contributed by atoms with Crippen LogP contribution in [-0.4, -0.2) is 17.2 Å². The number of benzene rings is 1. The van der Waals surface area contributed by atoms with Crippen molar-refractivity contribution < 1.29 is 9.84 Å². The fourth-order valence-electron chi connectivity index (χ4n) is 1.88. The Balaban J connectivity index is 2.84. The smallest absolute Gasteiger partial charge is 0.221 e. The first-order valence-corrected chi connectivity index (χ1v) is 5.38. The monoisotopic (exact) mass is 232 g/mol. The highest BCUT2D eigenvalue weighted by molar-refractivity contribution is 5.92. The zero-order chi connectivity index (χ0) is 12.6. The first-order chi connectivity index (χ1) is 7.93. The van der Waals surface area contributed by atoms with Crippen LogP contribution in [0, 0.1) is 0 Å². The molecule has 4 heteroatoms. The molecule has 0 unspecified atom stereocenters. The van der Waals surface area contributed by atoms with E-state index in [0.717, 1.165) is 16.3 Å². The number of ether oxygens (including phenoxy) is 1. The fraction of sp³-hybridized carbons (Fsp3) is 0.308. The van der Waals surface area contributed by atoms with Crippen molar-refractivity contribution in [2.75, 3.05) is 12.8 Å². The number of pyridine rings is 1. The Kier molecular flexibility index (Phi) is 2.67. The lowest BCUT2D eigenvalue weighted by Crippen LogP contribution is -2.16. The zero-order valence-electron chi connectivity index (χ0n) is 10.2. The van der Waals surface area contributed by atoms with E-state index in [9.17, 15) is 5.11 Å². The number of nitrogen functional groups attached to an aromatic ring is 1. The highest BCUT2D eigenvalue weighted by Crippen LogP contribution is 2.33. The number of hydrogen-bond donors (Lipinski definition) is 2. The van der Waals surface area contributed by atoms with Crippen molar-refractivity contribution in [1.29, 1.82) is 0 Å². The number of anilines is 1. The van der Waals surface area contributed by atoms with Gasteiger partial charge in [-0.25, -0.2) is 4.98 Å². The van der Waals surface area contributed by atoms with E-state index in [1.165, 1.54) is 0 Å².